The number of pyridine rings is 1. The molecule has 0 saturated carbocycles. The van der Waals surface area contributed by atoms with Gasteiger partial charge in [-0.3, -0.25) is 4.57 Å². The summed E-state index contributed by atoms with van der Waals surface area (Å²) in [5, 5.41) is 10.4. The molecule has 0 bridgehead atoms. The second kappa shape index (κ2) is 7.81. The molecule has 1 aliphatic heterocycles. The van der Waals surface area contributed by atoms with Gasteiger partial charge in [-0.25, -0.2) is 4.98 Å². The molecule has 1 aromatic carbocycles. The van der Waals surface area contributed by atoms with Crippen LogP contribution in [0.4, 0.5) is 5.69 Å². The summed E-state index contributed by atoms with van der Waals surface area (Å²) in [7, 11) is 0. The molecule has 28 heavy (non-hydrogen) atoms. The monoisotopic (exact) mass is 564 g/mol. The third-order valence-electron chi connectivity index (χ3n) is 5.32. The molecule has 0 aliphatic carbocycles. The minimum Gasteiger partial charge on any atom is -0.371 e. The largest absolute Gasteiger partial charge is 0.371 e. The fraction of sp³-hybridized carbons (Fsp3) is 0.333. The van der Waals surface area contributed by atoms with Gasteiger partial charge in [-0.1, -0.05) is 0 Å². The van der Waals surface area contributed by atoms with Gasteiger partial charge in [-0.2, -0.15) is 5.26 Å². The Balaban J connectivity index is 1.88. The Kier molecular flexibility index (Phi) is 5.56. The summed E-state index contributed by atoms with van der Waals surface area (Å²) in [4.78, 5) is 7.30. The van der Waals surface area contributed by atoms with Gasteiger partial charge in [-0.05, 0) is 98.2 Å². The van der Waals surface area contributed by atoms with Crippen molar-refractivity contribution in [3.05, 3.63) is 49.1 Å². The number of aryl methyl sites for hydroxylation is 2. The lowest BCUT2D eigenvalue weighted by atomic mass is 9.97. The predicted octanol–water partition coefficient (Wildman–Crippen LogP) is 6.67. The molecule has 7 heteroatoms. The SMILES string of the molecule is Cc1cc(N2CCC(C#N)CC2)c2c(C)cn(-c3cc(Br)c(Br)cc3Br)c2n1. The van der Waals surface area contributed by atoms with Crippen LogP contribution < -0.4 is 4.90 Å². The minimum atomic E-state index is 0.177. The number of hydrogen-bond donors (Lipinski definition) is 0. The number of nitrogens with zero attached hydrogens (tertiary/aromatic N) is 4. The maximum atomic E-state index is 9.21. The first-order chi connectivity index (χ1) is 13.4. The predicted molar refractivity (Wildman–Crippen MR) is 124 cm³/mol. The molecule has 1 aliphatic rings. The smallest absolute Gasteiger partial charge is 0.147 e. The van der Waals surface area contributed by atoms with E-state index in [1.807, 2.05) is 13.0 Å². The Morgan fingerprint density at radius 3 is 2.36 bits per heavy atom. The van der Waals surface area contributed by atoms with Crippen molar-refractivity contribution in [2.75, 3.05) is 18.0 Å². The van der Waals surface area contributed by atoms with Gasteiger partial charge in [0.2, 0.25) is 0 Å². The van der Waals surface area contributed by atoms with Gasteiger partial charge in [-0.15, -0.1) is 0 Å². The normalized spacial score (nSPS) is 15.2. The van der Waals surface area contributed by atoms with Crippen LogP contribution in [0.25, 0.3) is 16.7 Å². The zero-order valence-electron chi connectivity index (χ0n) is 15.6. The number of aromatic nitrogens is 2. The minimum absolute atomic E-state index is 0.177. The van der Waals surface area contributed by atoms with Gasteiger partial charge in [0.25, 0.3) is 0 Å². The first-order valence-corrected chi connectivity index (χ1v) is 11.6. The van der Waals surface area contributed by atoms with E-state index in [2.05, 4.69) is 88.6 Å². The molecule has 3 aromatic rings. The molecule has 4 rings (SSSR count). The van der Waals surface area contributed by atoms with E-state index in [1.54, 1.807) is 0 Å². The van der Waals surface area contributed by atoms with Crippen molar-refractivity contribution >= 4 is 64.5 Å². The highest BCUT2D eigenvalue weighted by molar-refractivity contribution is 9.13. The van der Waals surface area contributed by atoms with Crippen LogP contribution in [0.3, 0.4) is 0 Å². The summed E-state index contributed by atoms with van der Waals surface area (Å²) >= 11 is 10.9. The molecule has 0 amide bonds. The van der Waals surface area contributed by atoms with Crippen molar-refractivity contribution in [2.45, 2.75) is 26.7 Å². The Bertz CT molecular complexity index is 1110. The molecule has 3 heterocycles. The number of rotatable bonds is 2. The third-order valence-corrected chi connectivity index (χ3v) is 7.80. The number of piperidine rings is 1. The molecule has 144 valence electrons. The molecule has 1 fully saturated rings. The molecule has 0 spiro atoms. The Hall–Kier alpha value is -1.36. The molecular weight excluding hydrogens is 548 g/mol. The standard InChI is InChI=1S/C21H19Br3N4/c1-12-11-28(18-9-16(23)15(22)8-17(18)24)21-20(12)19(7-13(2)26-21)27-5-3-14(10-25)4-6-27/h7-9,11,14H,3-6H2,1-2H3. The van der Waals surface area contributed by atoms with E-state index in [4.69, 9.17) is 4.98 Å². The molecular formula is C21H19Br3N4. The summed E-state index contributed by atoms with van der Waals surface area (Å²) < 4.78 is 5.15. The van der Waals surface area contributed by atoms with Crippen LogP contribution in [0.2, 0.25) is 0 Å². The molecule has 4 nitrogen and oxygen atoms in total. The Morgan fingerprint density at radius 1 is 1.00 bits per heavy atom. The summed E-state index contributed by atoms with van der Waals surface area (Å²) in [6, 6.07) is 8.74. The Morgan fingerprint density at radius 2 is 1.68 bits per heavy atom. The number of anilines is 1. The third kappa shape index (κ3) is 3.51. The van der Waals surface area contributed by atoms with Crippen LogP contribution in [0.5, 0.6) is 0 Å². The molecule has 0 radical (unpaired) electrons. The van der Waals surface area contributed by atoms with Crippen LogP contribution in [0.1, 0.15) is 24.1 Å². The molecule has 0 N–H and O–H groups in total. The van der Waals surface area contributed by atoms with E-state index in [0.29, 0.717) is 0 Å². The Labute approximate surface area is 189 Å². The summed E-state index contributed by atoms with van der Waals surface area (Å²) in [6.07, 6.45) is 4.00. The van der Waals surface area contributed by atoms with Gasteiger partial charge >= 0.3 is 0 Å². The number of benzene rings is 1. The van der Waals surface area contributed by atoms with Crippen LogP contribution in [0.15, 0.2) is 37.8 Å². The number of fused-ring (bicyclic) bond motifs is 1. The van der Waals surface area contributed by atoms with Crippen molar-refractivity contribution in [1.29, 1.82) is 5.26 Å². The van der Waals surface area contributed by atoms with Crippen LogP contribution in [0, 0.1) is 31.1 Å². The summed E-state index contributed by atoms with van der Waals surface area (Å²) in [5.74, 6) is 0.177. The van der Waals surface area contributed by atoms with E-state index in [-0.39, 0.29) is 5.92 Å². The lowest BCUT2D eigenvalue weighted by Gasteiger charge is -2.32. The van der Waals surface area contributed by atoms with Crippen molar-refractivity contribution in [2.24, 2.45) is 5.92 Å². The van der Waals surface area contributed by atoms with E-state index < -0.39 is 0 Å². The van der Waals surface area contributed by atoms with Gasteiger partial charge in [0, 0.05) is 55.4 Å². The average Bonchev–Trinajstić information content (AvgIpc) is 3.00. The number of nitriles is 1. The second-order valence-electron chi connectivity index (χ2n) is 7.27. The first-order valence-electron chi connectivity index (χ1n) is 9.18. The van der Waals surface area contributed by atoms with Gasteiger partial charge in [0.15, 0.2) is 0 Å². The molecule has 2 aromatic heterocycles. The maximum absolute atomic E-state index is 9.21. The lowest BCUT2D eigenvalue weighted by molar-refractivity contribution is 0.488. The van der Waals surface area contributed by atoms with E-state index in [9.17, 15) is 5.26 Å². The van der Waals surface area contributed by atoms with Crippen molar-refractivity contribution < 1.29 is 0 Å². The summed E-state index contributed by atoms with van der Waals surface area (Å²) in [5.41, 5.74) is 5.43. The van der Waals surface area contributed by atoms with Gasteiger partial charge < -0.3 is 4.90 Å². The van der Waals surface area contributed by atoms with Crippen molar-refractivity contribution in [1.82, 2.24) is 9.55 Å². The zero-order valence-corrected chi connectivity index (χ0v) is 20.4. The average molecular weight is 567 g/mol. The zero-order chi connectivity index (χ0) is 20.0. The fourth-order valence-electron chi connectivity index (χ4n) is 3.89. The maximum Gasteiger partial charge on any atom is 0.147 e. The van der Waals surface area contributed by atoms with Gasteiger partial charge in [0.1, 0.15) is 5.65 Å². The van der Waals surface area contributed by atoms with Crippen molar-refractivity contribution in [3.8, 4) is 11.8 Å². The van der Waals surface area contributed by atoms with E-state index in [1.165, 1.54) is 16.6 Å². The lowest BCUT2D eigenvalue weighted by Crippen LogP contribution is -2.33. The quantitative estimate of drug-likeness (QED) is 0.325. The molecule has 0 unspecified atom stereocenters. The highest BCUT2D eigenvalue weighted by Crippen LogP contribution is 2.38. The van der Waals surface area contributed by atoms with E-state index in [0.717, 1.165) is 56.4 Å². The summed E-state index contributed by atoms with van der Waals surface area (Å²) in [6.45, 7) is 6.01. The van der Waals surface area contributed by atoms with E-state index >= 15 is 0 Å². The van der Waals surface area contributed by atoms with Crippen LogP contribution >= 0.6 is 47.8 Å². The van der Waals surface area contributed by atoms with Gasteiger partial charge in [0.05, 0.1) is 11.8 Å². The van der Waals surface area contributed by atoms with Crippen molar-refractivity contribution in [3.63, 3.8) is 0 Å². The highest BCUT2D eigenvalue weighted by atomic mass is 79.9. The first kappa shape index (κ1) is 19.9. The van der Waals surface area contributed by atoms with Crippen LogP contribution in [-0.4, -0.2) is 22.6 Å². The van der Waals surface area contributed by atoms with Crippen LogP contribution in [-0.2, 0) is 0 Å². The fourth-order valence-corrected chi connectivity index (χ4v) is 5.41. The molecule has 0 atom stereocenters. The second-order valence-corrected chi connectivity index (χ2v) is 9.83. The number of hydrogen-bond acceptors (Lipinski definition) is 3. The molecule has 1 saturated heterocycles. The topological polar surface area (TPSA) is 44.9 Å². The highest BCUT2D eigenvalue weighted by Gasteiger charge is 2.23. The number of halogens is 3.